The molecule has 4 rings (SSSR count). The molecule has 2 aromatic rings. The molecule has 11 nitrogen and oxygen atoms in total. The van der Waals surface area contributed by atoms with Gasteiger partial charge in [0.05, 0.1) is 25.2 Å². The lowest BCUT2D eigenvalue weighted by atomic mass is 9.92. The molecular weight excluding hydrogens is 516 g/mol. The molecule has 0 aliphatic carbocycles. The Hall–Kier alpha value is -3.32. The molecule has 0 bridgehead atoms. The lowest BCUT2D eigenvalue weighted by molar-refractivity contribution is -0.151. The number of aliphatic hydroxyl groups is 1. The highest BCUT2D eigenvalue weighted by molar-refractivity contribution is 7.89. The Balaban J connectivity index is 1.46. The Kier molecular flexibility index (Phi) is 8.77. The zero-order valence-corrected chi connectivity index (χ0v) is 22.3. The van der Waals surface area contributed by atoms with Gasteiger partial charge in [0.2, 0.25) is 23.1 Å². The quantitative estimate of drug-likeness (QED) is 0.449. The van der Waals surface area contributed by atoms with Gasteiger partial charge in [0, 0.05) is 39.5 Å². The molecular formula is C26H32N2O9S. The topological polar surface area (TPSA) is 124 Å². The number of ether oxygens (including phenoxy) is 5. The first kappa shape index (κ1) is 27.7. The predicted octanol–water partition coefficient (Wildman–Crippen LogP) is 1.93. The summed E-state index contributed by atoms with van der Waals surface area (Å²) in [4.78, 5) is 14.2. The van der Waals surface area contributed by atoms with Crippen LogP contribution in [0.5, 0.6) is 17.2 Å². The molecule has 0 fully saturated rings. The third kappa shape index (κ3) is 6.21. The Morgan fingerprint density at radius 2 is 1.82 bits per heavy atom. The fourth-order valence-electron chi connectivity index (χ4n) is 4.15. The van der Waals surface area contributed by atoms with E-state index in [2.05, 4.69) is 0 Å². The maximum atomic E-state index is 13.2. The number of likely N-dealkylation sites (N-methyl/N-ethyl adjacent to an activating group) is 1. The summed E-state index contributed by atoms with van der Waals surface area (Å²) in [6, 6.07) is 11.6. The lowest BCUT2D eigenvalue weighted by Crippen LogP contribution is -2.38. The van der Waals surface area contributed by atoms with Crippen LogP contribution in [0.1, 0.15) is 17.9 Å². The van der Waals surface area contributed by atoms with Crippen LogP contribution in [-0.2, 0) is 24.3 Å². The van der Waals surface area contributed by atoms with Gasteiger partial charge < -0.3 is 33.7 Å². The Morgan fingerprint density at radius 1 is 1.08 bits per heavy atom. The number of aliphatic hydroxyl groups excluding tert-OH is 1. The van der Waals surface area contributed by atoms with Crippen LogP contribution in [0.2, 0.25) is 0 Å². The van der Waals surface area contributed by atoms with Crippen molar-refractivity contribution >= 4 is 15.9 Å². The molecule has 206 valence electrons. The number of fused-ring (bicyclic) bond motifs is 1. The number of carbonyl (C=O) groups excluding carboxylic acids is 1. The van der Waals surface area contributed by atoms with Gasteiger partial charge in [-0.15, -0.1) is 0 Å². The van der Waals surface area contributed by atoms with E-state index in [0.717, 1.165) is 9.87 Å². The van der Waals surface area contributed by atoms with E-state index in [1.807, 2.05) is 18.2 Å². The van der Waals surface area contributed by atoms with Crippen LogP contribution in [0.15, 0.2) is 59.2 Å². The Morgan fingerprint density at radius 3 is 2.50 bits per heavy atom. The van der Waals surface area contributed by atoms with E-state index in [9.17, 15) is 18.3 Å². The number of sulfonamides is 1. The van der Waals surface area contributed by atoms with Crippen LogP contribution in [0.25, 0.3) is 0 Å². The summed E-state index contributed by atoms with van der Waals surface area (Å²) in [5, 5.41) is 9.49. The van der Waals surface area contributed by atoms with Gasteiger partial charge in [0.1, 0.15) is 5.75 Å². The summed E-state index contributed by atoms with van der Waals surface area (Å²) >= 11 is 0. The maximum Gasteiger partial charge on any atom is 0.288 e. The van der Waals surface area contributed by atoms with Crippen molar-refractivity contribution in [3.05, 3.63) is 59.9 Å². The van der Waals surface area contributed by atoms with Gasteiger partial charge in [-0.05, 0) is 48.0 Å². The van der Waals surface area contributed by atoms with Crippen LogP contribution in [0.4, 0.5) is 0 Å². The summed E-state index contributed by atoms with van der Waals surface area (Å²) in [6.07, 6.45) is 1.36. The average molecular weight is 549 g/mol. The van der Waals surface area contributed by atoms with Gasteiger partial charge >= 0.3 is 0 Å². The zero-order valence-electron chi connectivity index (χ0n) is 21.5. The fourth-order valence-corrected chi connectivity index (χ4v) is 5.57. The number of hydrogen-bond acceptors (Lipinski definition) is 9. The fraction of sp³-hybridized carbons (Fsp3) is 0.423. The SMILES string of the molecule is COc1ccc(S(=O)(=O)N(CCO)CCO[C@H]2C[C@@H](c3ccc4c(c3)OCO4)C=C(C(=O)N(C)C)O2)cc1. The molecule has 0 saturated heterocycles. The number of hydrogen-bond donors (Lipinski definition) is 1. The van der Waals surface area contributed by atoms with Gasteiger partial charge in [-0.3, -0.25) is 4.79 Å². The molecule has 2 atom stereocenters. The second-order valence-electron chi connectivity index (χ2n) is 8.91. The Labute approximate surface area is 222 Å². The molecule has 0 unspecified atom stereocenters. The lowest BCUT2D eigenvalue weighted by Gasteiger charge is -2.31. The molecule has 1 amide bonds. The van der Waals surface area contributed by atoms with E-state index < -0.39 is 16.3 Å². The van der Waals surface area contributed by atoms with E-state index >= 15 is 0 Å². The summed E-state index contributed by atoms with van der Waals surface area (Å²) in [7, 11) is 0.866. The minimum Gasteiger partial charge on any atom is -0.497 e. The van der Waals surface area contributed by atoms with E-state index in [1.54, 1.807) is 32.3 Å². The summed E-state index contributed by atoms with van der Waals surface area (Å²) in [6.45, 7) is -0.344. The molecule has 2 aliphatic heterocycles. The largest absolute Gasteiger partial charge is 0.497 e. The van der Waals surface area contributed by atoms with Crippen LogP contribution in [-0.4, -0.2) is 89.2 Å². The van der Waals surface area contributed by atoms with Crippen molar-refractivity contribution in [2.75, 3.05) is 54.3 Å². The highest BCUT2D eigenvalue weighted by Crippen LogP contribution is 2.38. The molecule has 0 aromatic heterocycles. The van der Waals surface area contributed by atoms with Crippen molar-refractivity contribution in [3.8, 4) is 17.2 Å². The number of benzene rings is 2. The van der Waals surface area contributed by atoms with Crippen molar-refractivity contribution in [2.24, 2.45) is 0 Å². The normalized spacial score (nSPS) is 18.6. The molecule has 0 radical (unpaired) electrons. The van der Waals surface area contributed by atoms with E-state index in [0.29, 0.717) is 23.7 Å². The molecule has 2 heterocycles. The standard InChI is InChI=1S/C26H32N2O9S/c1-27(2)26(30)24-15-19(18-4-9-22-23(14-18)36-17-35-22)16-25(37-24)34-13-11-28(10-12-29)38(31,32)21-7-5-20(33-3)6-8-21/h4-9,14-15,19,25,29H,10-13,16-17H2,1-3H3/t19-,25+/m0/s1. The maximum absolute atomic E-state index is 13.2. The van der Waals surface area contributed by atoms with Crippen LogP contribution in [0.3, 0.4) is 0 Å². The highest BCUT2D eigenvalue weighted by Gasteiger charge is 2.31. The van der Waals surface area contributed by atoms with Crippen LogP contribution in [0, 0.1) is 0 Å². The van der Waals surface area contributed by atoms with E-state index in [1.165, 1.54) is 24.1 Å². The van der Waals surface area contributed by atoms with Crippen molar-refractivity contribution in [2.45, 2.75) is 23.5 Å². The molecule has 12 heteroatoms. The van der Waals surface area contributed by atoms with Gasteiger partial charge in [0.25, 0.3) is 5.91 Å². The summed E-state index contributed by atoms with van der Waals surface area (Å²) in [5.41, 5.74) is 0.902. The number of amides is 1. The van der Waals surface area contributed by atoms with E-state index in [4.69, 9.17) is 23.7 Å². The number of methoxy groups -OCH3 is 1. The summed E-state index contributed by atoms with van der Waals surface area (Å²) < 4.78 is 55.2. The average Bonchev–Trinajstić information content (AvgIpc) is 3.40. The van der Waals surface area contributed by atoms with Crippen molar-refractivity contribution in [3.63, 3.8) is 0 Å². The minimum absolute atomic E-state index is 0.0165. The van der Waals surface area contributed by atoms with Crippen molar-refractivity contribution < 1.29 is 42.0 Å². The van der Waals surface area contributed by atoms with E-state index in [-0.39, 0.29) is 55.6 Å². The Bertz CT molecular complexity index is 1260. The first-order chi connectivity index (χ1) is 18.2. The zero-order chi connectivity index (χ0) is 27.3. The molecule has 2 aromatic carbocycles. The van der Waals surface area contributed by atoms with Gasteiger partial charge in [-0.25, -0.2) is 8.42 Å². The minimum atomic E-state index is -3.89. The predicted molar refractivity (Wildman–Crippen MR) is 136 cm³/mol. The van der Waals surface area contributed by atoms with Gasteiger partial charge in [-0.2, -0.15) is 4.31 Å². The van der Waals surface area contributed by atoms with Crippen molar-refractivity contribution in [1.29, 1.82) is 0 Å². The third-order valence-corrected chi connectivity index (χ3v) is 8.10. The molecule has 38 heavy (non-hydrogen) atoms. The van der Waals surface area contributed by atoms with Crippen LogP contribution >= 0.6 is 0 Å². The summed E-state index contributed by atoms with van der Waals surface area (Å²) in [5.74, 6) is 1.44. The molecule has 2 aliphatic rings. The first-order valence-electron chi connectivity index (χ1n) is 12.1. The highest BCUT2D eigenvalue weighted by atomic mass is 32.2. The molecule has 1 N–H and O–H groups in total. The number of allylic oxidation sites excluding steroid dienone is 1. The number of carbonyl (C=O) groups is 1. The molecule has 0 saturated carbocycles. The monoisotopic (exact) mass is 548 g/mol. The van der Waals surface area contributed by atoms with Crippen LogP contribution < -0.4 is 14.2 Å². The van der Waals surface area contributed by atoms with Crippen molar-refractivity contribution in [1.82, 2.24) is 9.21 Å². The molecule has 0 spiro atoms. The second-order valence-corrected chi connectivity index (χ2v) is 10.8. The van der Waals surface area contributed by atoms with Gasteiger partial charge in [0.15, 0.2) is 17.3 Å². The smallest absolute Gasteiger partial charge is 0.288 e. The van der Waals surface area contributed by atoms with Gasteiger partial charge in [-0.1, -0.05) is 6.07 Å². The first-order valence-corrected chi connectivity index (χ1v) is 13.5. The number of nitrogens with zero attached hydrogens (tertiary/aromatic N) is 2. The number of rotatable bonds is 11. The second kappa shape index (κ2) is 12.0. The third-order valence-electron chi connectivity index (χ3n) is 6.19.